The van der Waals surface area contributed by atoms with E-state index in [1.54, 1.807) is 6.20 Å². The molecule has 2 aromatic rings. The highest BCUT2D eigenvalue weighted by molar-refractivity contribution is 5.98. The second-order valence-electron chi connectivity index (χ2n) is 8.24. The van der Waals surface area contributed by atoms with Crippen LogP contribution in [0.5, 0.6) is 0 Å². The summed E-state index contributed by atoms with van der Waals surface area (Å²) in [7, 11) is 0. The van der Waals surface area contributed by atoms with Gasteiger partial charge in [0.15, 0.2) is 0 Å². The highest BCUT2D eigenvalue weighted by Crippen LogP contribution is 2.27. The molecule has 2 amide bonds. The summed E-state index contributed by atoms with van der Waals surface area (Å²) < 4.78 is 0. The Balaban J connectivity index is 1.35. The van der Waals surface area contributed by atoms with Crippen LogP contribution in [0, 0.1) is 11.8 Å². The molecule has 0 bridgehead atoms. The predicted molar refractivity (Wildman–Crippen MR) is 104 cm³/mol. The number of H-pyrrole nitrogens is 1. The second-order valence-corrected chi connectivity index (χ2v) is 8.24. The molecule has 0 spiro atoms. The number of carbonyl (C=O) groups is 2. The van der Waals surface area contributed by atoms with Crippen molar-refractivity contribution in [1.82, 2.24) is 20.4 Å². The summed E-state index contributed by atoms with van der Waals surface area (Å²) in [4.78, 5) is 27.2. The highest BCUT2D eigenvalue weighted by Gasteiger charge is 2.34. The van der Waals surface area contributed by atoms with Crippen LogP contribution in [-0.4, -0.2) is 46.0 Å². The Morgan fingerprint density at radius 1 is 1.22 bits per heavy atom. The molecule has 6 heteroatoms. The molecular weight excluding hydrogens is 340 g/mol. The summed E-state index contributed by atoms with van der Waals surface area (Å²) in [6, 6.07) is 5.64. The lowest BCUT2D eigenvalue weighted by atomic mass is 9.86. The van der Waals surface area contributed by atoms with Crippen LogP contribution in [0.25, 0.3) is 10.9 Å². The van der Waals surface area contributed by atoms with E-state index < -0.39 is 0 Å². The molecule has 1 aromatic heterocycles. The standard InChI is InChI=1S/C21H28N4O2/c1-14-12-25(21(27)16-7-8-18-17(10-16)11-22-24-18)13-19(14)23-20(26)9-15-5-3-2-4-6-15/h7-8,10-11,14-15,19H,2-6,9,12-13H2,1H3,(H,22,24)(H,23,26)/t14-,19-/m1/s1. The lowest BCUT2D eigenvalue weighted by Crippen LogP contribution is -2.41. The van der Waals surface area contributed by atoms with E-state index in [2.05, 4.69) is 22.4 Å². The van der Waals surface area contributed by atoms with Crippen molar-refractivity contribution < 1.29 is 9.59 Å². The number of aromatic nitrogens is 2. The summed E-state index contributed by atoms with van der Waals surface area (Å²) in [5.41, 5.74) is 1.60. The Labute approximate surface area is 159 Å². The maximum Gasteiger partial charge on any atom is 0.253 e. The van der Waals surface area contributed by atoms with E-state index >= 15 is 0 Å². The Hall–Kier alpha value is -2.37. The fourth-order valence-corrected chi connectivity index (χ4v) is 4.50. The minimum Gasteiger partial charge on any atom is -0.351 e. The SMILES string of the molecule is C[C@@H]1CN(C(=O)c2ccc3[nH]ncc3c2)C[C@H]1NC(=O)CC1CCCCC1. The quantitative estimate of drug-likeness (QED) is 0.870. The normalized spacial score (nSPS) is 23.7. The Morgan fingerprint density at radius 3 is 2.85 bits per heavy atom. The van der Waals surface area contributed by atoms with Crippen molar-refractivity contribution >= 4 is 22.7 Å². The van der Waals surface area contributed by atoms with Gasteiger partial charge in [0, 0.05) is 30.5 Å². The average Bonchev–Trinajstić information content (AvgIpc) is 3.28. The maximum absolute atomic E-state index is 12.9. The lowest BCUT2D eigenvalue weighted by molar-refractivity contribution is -0.123. The second kappa shape index (κ2) is 7.71. The number of fused-ring (bicyclic) bond motifs is 1. The number of nitrogens with one attached hydrogen (secondary N) is 2. The van der Waals surface area contributed by atoms with Crippen molar-refractivity contribution in [1.29, 1.82) is 0 Å². The van der Waals surface area contributed by atoms with Crippen LogP contribution in [0.1, 0.15) is 55.8 Å². The smallest absolute Gasteiger partial charge is 0.253 e. The number of amides is 2. The van der Waals surface area contributed by atoms with Gasteiger partial charge in [0.25, 0.3) is 5.91 Å². The first-order valence-electron chi connectivity index (χ1n) is 10.1. The lowest BCUT2D eigenvalue weighted by Gasteiger charge is -2.23. The number of aromatic amines is 1. The van der Waals surface area contributed by atoms with Crippen molar-refractivity contribution in [2.75, 3.05) is 13.1 Å². The van der Waals surface area contributed by atoms with Crippen molar-refractivity contribution in [2.24, 2.45) is 11.8 Å². The molecule has 2 fully saturated rings. The van der Waals surface area contributed by atoms with Gasteiger partial charge >= 0.3 is 0 Å². The van der Waals surface area contributed by atoms with E-state index in [1.165, 1.54) is 32.1 Å². The van der Waals surface area contributed by atoms with Crippen LogP contribution < -0.4 is 5.32 Å². The molecule has 2 atom stereocenters. The van der Waals surface area contributed by atoms with Crippen LogP contribution in [0.3, 0.4) is 0 Å². The number of carbonyl (C=O) groups excluding carboxylic acids is 2. The average molecular weight is 368 g/mol. The van der Waals surface area contributed by atoms with Gasteiger partial charge in [0.1, 0.15) is 0 Å². The van der Waals surface area contributed by atoms with Crippen molar-refractivity contribution in [3.63, 3.8) is 0 Å². The fraction of sp³-hybridized carbons (Fsp3) is 0.571. The monoisotopic (exact) mass is 368 g/mol. The van der Waals surface area contributed by atoms with Crippen molar-refractivity contribution in [3.8, 4) is 0 Å². The molecular formula is C21H28N4O2. The molecule has 2 heterocycles. The molecule has 2 aliphatic rings. The number of nitrogens with zero attached hydrogens (tertiary/aromatic N) is 2. The van der Waals surface area contributed by atoms with Crippen LogP contribution in [-0.2, 0) is 4.79 Å². The minimum absolute atomic E-state index is 0.0222. The van der Waals surface area contributed by atoms with Gasteiger partial charge in [0.05, 0.1) is 17.8 Å². The zero-order valence-electron chi connectivity index (χ0n) is 15.9. The summed E-state index contributed by atoms with van der Waals surface area (Å²) in [6.07, 6.45) is 8.52. The molecule has 4 rings (SSSR count). The van der Waals surface area contributed by atoms with E-state index in [0.717, 1.165) is 10.9 Å². The van der Waals surface area contributed by atoms with Crippen molar-refractivity contribution in [2.45, 2.75) is 51.5 Å². The van der Waals surface area contributed by atoms with Crippen LogP contribution in [0.2, 0.25) is 0 Å². The fourth-order valence-electron chi connectivity index (χ4n) is 4.50. The third kappa shape index (κ3) is 3.99. The molecule has 27 heavy (non-hydrogen) atoms. The van der Waals surface area contributed by atoms with Gasteiger partial charge < -0.3 is 10.2 Å². The first kappa shape index (κ1) is 18.0. The van der Waals surface area contributed by atoms with E-state index in [-0.39, 0.29) is 23.8 Å². The molecule has 144 valence electrons. The largest absolute Gasteiger partial charge is 0.351 e. The molecule has 0 radical (unpaired) electrons. The first-order chi connectivity index (χ1) is 13.1. The number of hydrogen-bond donors (Lipinski definition) is 2. The van der Waals surface area contributed by atoms with Crippen LogP contribution in [0.15, 0.2) is 24.4 Å². The molecule has 1 aliphatic heterocycles. The zero-order chi connectivity index (χ0) is 18.8. The number of benzene rings is 1. The number of rotatable bonds is 4. The Morgan fingerprint density at radius 2 is 2.04 bits per heavy atom. The van der Waals surface area contributed by atoms with Gasteiger partial charge in [-0.2, -0.15) is 5.10 Å². The topological polar surface area (TPSA) is 78.1 Å². The Bertz CT molecular complexity index is 824. The van der Waals surface area contributed by atoms with Gasteiger partial charge in [-0.3, -0.25) is 14.7 Å². The van der Waals surface area contributed by atoms with E-state index in [4.69, 9.17) is 0 Å². The Kier molecular flexibility index (Phi) is 5.14. The predicted octanol–water partition coefficient (Wildman–Crippen LogP) is 3.11. The highest BCUT2D eigenvalue weighted by atomic mass is 16.2. The van der Waals surface area contributed by atoms with Crippen molar-refractivity contribution in [3.05, 3.63) is 30.0 Å². The van der Waals surface area contributed by atoms with E-state index in [9.17, 15) is 9.59 Å². The zero-order valence-corrected chi connectivity index (χ0v) is 15.9. The molecule has 1 saturated heterocycles. The maximum atomic E-state index is 12.9. The van der Waals surface area contributed by atoms with Gasteiger partial charge in [-0.05, 0) is 42.9 Å². The molecule has 1 saturated carbocycles. The molecule has 6 nitrogen and oxygen atoms in total. The summed E-state index contributed by atoms with van der Waals surface area (Å²) in [6.45, 7) is 3.37. The summed E-state index contributed by atoms with van der Waals surface area (Å²) in [5, 5.41) is 11.0. The first-order valence-corrected chi connectivity index (χ1v) is 10.1. The van der Waals surface area contributed by atoms with Gasteiger partial charge in [-0.1, -0.05) is 26.2 Å². The third-order valence-corrected chi connectivity index (χ3v) is 6.13. The van der Waals surface area contributed by atoms with Crippen LogP contribution in [0.4, 0.5) is 0 Å². The summed E-state index contributed by atoms with van der Waals surface area (Å²) in [5.74, 6) is 0.971. The third-order valence-electron chi connectivity index (χ3n) is 6.13. The van der Waals surface area contributed by atoms with E-state index in [1.807, 2.05) is 23.1 Å². The number of hydrogen-bond acceptors (Lipinski definition) is 3. The van der Waals surface area contributed by atoms with Gasteiger partial charge in [0.2, 0.25) is 5.91 Å². The number of likely N-dealkylation sites (tertiary alicyclic amines) is 1. The minimum atomic E-state index is 0.0222. The van der Waals surface area contributed by atoms with Crippen LogP contribution >= 0.6 is 0 Å². The molecule has 1 aromatic carbocycles. The van der Waals surface area contributed by atoms with E-state index in [0.29, 0.717) is 31.0 Å². The molecule has 2 N–H and O–H groups in total. The molecule has 1 aliphatic carbocycles. The van der Waals surface area contributed by atoms with Gasteiger partial charge in [-0.15, -0.1) is 0 Å². The van der Waals surface area contributed by atoms with Gasteiger partial charge in [-0.25, -0.2) is 0 Å². The summed E-state index contributed by atoms with van der Waals surface area (Å²) >= 11 is 0. The molecule has 0 unspecified atom stereocenters.